The summed E-state index contributed by atoms with van der Waals surface area (Å²) in [7, 11) is 0.979. The van der Waals surface area contributed by atoms with Crippen molar-refractivity contribution in [2.24, 2.45) is 17.3 Å². The molecule has 13 heteroatoms. The molecule has 0 unspecified atom stereocenters. The summed E-state index contributed by atoms with van der Waals surface area (Å²) in [6.45, 7) is 18.2. The van der Waals surface area contributed by atoms with E-state index in [1.807, 2.05) is 38.3 Å². The quantitative estimate of drug-likeness (QED) is 0.210. The molecule has 5 atom stereocenters. The first kappa shape index (κ1) is 37.1. The summed E-state index contributed by atoms with van der Waals surface area (Å²) in [4.78, 5) is 43.0. The lowest BCUT2D eigenvalue weighted by Gasteiger charge is -2.64. The second-order valence-corrected chi connectivity index (χ2v) is 17.3. The lowest BCUT2D eigenvalue weighted by Crippen LogP contribution is -2.65. The molecule has 1 saturated heterocycles. The number of hydrogen-bond donors (Lipinski definition) is 2. The van der Waals surface area contributed by atoms with Crippen molar-refractivity contribution in [3.05, 3.63) is 45.4 Å². The van der Waals surface area contributed by atoms with Gasteiger partial charge in [-0.2, -0.15) is 0 Å². The molecule has 1 aliphatic heterocycles. The minimum atomic E-state index is -0.663. The lowest BCUT2D eigenvalue weighted by atomic mass is 9.43. The van der Waals surface area contributed by atoms with Crippen LogP contribution in [0.4, 0.5) is 4.79 Å². The van der Waals surface area contributed by atoms with Gasteiger partial charge in [0.2, 0.25) is 5.91 Å². The number of para-hydroxylation sites is 1. The summed E-state index contributed by atoms with van der Waals surface area (Å²) in [5.41, 5.74) is 0.259. The van der Waals surface area contributed by atoms with Gasteiger partial charge in [-0.1, -0.05) is 26.0 Å². The van der Waals surface area contributed by atoms with E-state index in [1.165, 1.54) is 11.3 Å². The Morgan fingerprint density at radius 3 is 2.43 bits per heavy atom. The second kappa shape index (κ2) is 13.9. The van der Waals surface area contributed by atoms with Gasteiger partial charge in [0.05, 0.1) is 37.5 Å². The highest BCUT2D eigenvalue weighted by molar-refractivity contribution is 7.09. The van der Waals surface area contributed by atoms with Crippen LogP contribution >= 0.6 is 11.3 Å². The van der Waals surface area contributed by atoms with Crippen molar-refractivity contribution in [1.82, 2.24) is 15.6 Å². The number of nitrogens with zero attached hydrogens (tertiary/aromatic N) is 1. The molecular weight excluding hydrogens is 645 g/mol. The van der Waals surface area contributed by atoms with E-state index in [1.54, 1.807) is 33.9 Å². The van der Waals surface area contributed by atoms with Crippen LogP contribution in [0.1, 0.15) is 102 Å². The fourth-order valence-electron chi connectivity index (χ4n) is 7.57. The Labute approximate surface area is 294 Å². The first-order chi connectivity index (χ1) is 22.8. The molecule has 11 nitrogen and oxygen atoms in total. The van der Waals surface area contributed by atoms with E-state index in [2.05, 4.69) is 36.4 Å². The topological polar surface area (TPSA) is 134 Å². The van der Waals surface area contributed by atoms with Crippen LogP contribution in [0, 0.1) is 17.3 Å². The third-order valence-corrected chi connectivity index (χ3v) is 10.9. The van der Waals surface area contributed by atoms with Gasteiger partial charge >= 0.3 is 19.2 Å². The zero-order valence-electron chi connectivity index (χ0n) is 30.6. The van der Waals surface area contributed by atoms with Crippen LogP contribution in [0.5, 0.6) is 5.75 Å². The summed E-state index contributed by atoms with van der Waals surface area (Å²) in [6.07, 6.45) is 2.05. The van der Waals surface area contributed by atoms with Gasteiger partial charge in [-0.3, -0.25) is 4.79 Å². The number of aromatic nitrogens is 1. The van der Waals surface area contributed by atoms with Crippen molar-refractivity contribution in [3.8, 4) is 5.75 Å². The number of nitrogens with one attached hydrogen (secondary N) is 2. The highest BCUT2D eigenvalue weighted by atomic mass is 32.1. The molecular formula is C36H52BN3O8S. The van der Waals surface area contributed by atoms with E-state index in [9.17, 15) is 14.4 Å². The molecule has 268 valence electrons. The maximum Gasteiger partial charge on any atom is 0.463 e. The Morgan fingerprint density at radius 2 is 1.78 bits per heavy atom. The average Bonchev–Trinajstić information content (AvgIpc) is 3.59. The minimum Gasteiger partial charge on any atom is -0.496 e. The maximum atomic E-state index is 13.3. The van der Waals surface area contributed by atoms with Gasteiger partial charge in [-0.15, -0.1) is 11.3 Å². The first-order valence-electron chi connectivity index (χ1n) is 17.2. The predicted molar refractivity (Wildman–Crippen MR) is 188 cm³/mol. The molecule has 2 bridgehead atoms. The largest absolute Gasteiger partial charge is 0.496 e. The van der Waals surface area contributed by atoms with Gasteiger partial charge in [0.25, 0.3) is 0 Å². The normalized spacial score (nSPS) is 24.7. The number of hydrogen-bond acceptors (Lipinski definition) is 10. The van der Waals surface area contributed by atoms with Crippen LogP contribution in [-0.4, -0.2) is 66.6 Å². The number of alkyl carbamates (subject to hydrolysis) is 1. The van der Waals surface area contributed by atoms with Crippen LogP contribution in [0.2, 0.25) is 5.82 Å². The van der Waals surface area contributed by atoms with Crippen LogP contribution in [0.25, 0.3) is 0 Å². The summed E-state index contributed by atoms with van der Waals surface area (Å²) in [5.74, 6) is 0.489. The fourth-order valence-corrected chi connectivity index (χ4v) is 8.31. The first-order valence-corrected chi connectivity index (χ1v) is 18.1. The minimum absolute atomic E-state index is 0.0230. The van der Waals surface area contributed by atoms with Gasteiger partial charge < -0.3 is 34.2 Å². The van der Waals surface area contributed by atoms with Crippen molar-refractivity contribution in [2.75, 3.05) is 13.7 Å². The molecule has 2 amide bonds. The molecule has 49 heavy (non-hydrogen) atoms. The van der Waals surface area contributed by atoms with Crippen LogP contribution in [-0.2, 0) is 43.0 Å². The smallest absolute Gasteiger partial charge is 0.463 e. The van der Waals surface area contributed by atoms with E-state index in [0.29, 0.717) is 40.3 Å². The Morgan fingerprint density at radius 1 is 1.06 bits per heavy atom. The van der Waals surface area contributed by atoms with Crippen molar-refractivity contribution >= 4 is 36.4 Å². The van der Waals surface area contributed by atoms with E-state index in [-0.39, 0.29) is 42.8 Å². The highest BCUT2D eigenvalue weighted by Crippen LogP contribution is 2.66. The summed E-state index contributed by atoms with van der Waals surface area (Å²) < 4.78 is 30.3. The third-order valence-electron chi connectivity index (χ3n) is 10.0. The summed E-state index contributed by atoms with van der Waals surface area (Å²) in [6, 6.07) is 5.44. The molecule has 2 N–H and O–H groups in total. The predicted octanol–water partition coefficient (Wildman–Crippen LogP) is 6.13. The Hall–Kier alpha value is -3.16. The van der Waals surface area contributed by atoms with E-state index in [0.717, 1.165) is 18.4 Å². The number of ether oxygens (including phenoxy) is 3. The molecule has 1 aromatic heterocycles. The number of thiazole rings is 1. The molecule has 6 rings (SSSR count). The number of carbonyl (C=O) groups excluding carboxylic acids is 3. The number of amides is 2. The van der Waals surface area contributed by atoms with E-state index < -0.39 is 36.0 Å². The van der Waals surface area contributed by atoms with Gasteiger partial charge in [-0.25, -0.2) is 14.6 Å². The number of methoxy groups -OCH3 is 1. The molecule has 2 heterocycles. The molecule has 0 radical (unpaired) electrons. The zero-order chi connectivity index (χ0) is 35.9. The molecule has 3 aliphatic carbocycles. The lowest BCUT2D eigenvalue weighted by molar-refractivity contribution is -0.199. The standard InChI is InChI=1S/C36H52BN3O8S/c1-33(2,3)45-31(42)25-13-11-12-21(30(25)44-10)14-23(37-47-27-16-22-15-26(35(22,7)8)36(27,9)48-37)18-38-28(41)17-24-20-49-29(40-24)19-39-32(43)46-34(4,5)6/h11-13,20,22-23,26-27H,14-19H2,1-10H3,(H,38,41)(H,39,43)/t22-,23+,26-,27+,36-/m0/s1. The second-order valence-electron chi connectivity index (χ2n) is 16.4. The van der Waals surface area contributed by atoms with Gasteiger partial charge in [0, 0.05) is 17.7 Å². The molecule has 4 aliphatic rings. The van der Waals surface area contributed by atoms with Crippen molar-refractivity contribution < 1.29 is 37.9 Å². The Bertz CT molecular complexity index is 1550. The molecule has 4 fully saturated rings. The van der Waals surface area contributed by atoms with Crippen molar-refractivity contribution in [1.29, 1.82) is 0 Å². The fraction of sp³-hybridized carbons (Fsp3) is 0.667. The van der Waals surface area contributed by atoms with Gasteiger partial charge in [-0.05, 0) is 96.6 Å². The Kier molecular flexibility index (Phi) is 10.5. The third kappa shape index (κ3) is 8.43. The van der Waals surface area contributed by atoms with Crippen LogP contribution < -0.4 is 15.4 Å². The van der Waals surface area contributed by atoms with E-state index in [4.69, 9.17) is 23.5 Å². The maximum absolute atomic E-state index is 13.3. The molecule has 3 saturated carbocycles. The van der Waals surface area contributed by atoms with Crippen LogP contribution in [0.3, 0.4) is 0 Å². The van der Waals surface area contributed by atoms with Crippen LogP contribution in [0.15, 0.2) is 23.6 Å². The highest BCUT2D eigenvalue weighted by Gasteiger charge is 2.68. The molecule has 1 aromatic carbocycles. The number of rotatable bonds is 11. The number of benzene rings is 1. The summed E-state index contributed by atoms with van der Waals surface area (Å²) >= 11 is 1.37. The van der Waals surface area contributed by atoms with Gasteiger partial charge in [0.1, 0.15) is 27.5 Å². The SMILES string of the molecule is COc1c(C[C@H](CNC(=O)Cc2csc(CNC(=O)OC(C)(C)C)n2)B2O[C@@H]3C[C@@H]4C[C@@H](C4(C)C)[C@]3(C)O2)cccc1C(=O)OC(C)(C)C. The average molecular weight is 698 g/mol. The number of esters is 1. The Balaban J connectivity index is 1.29. The monoisotopic (exact) mass is 697 g/mol. The zero-order valence-corrected chi connectivity index (χ0v) is 31.4. The van der Waals surface area contributed by atoms with Crippen molar-refractivity contribution in [2.45, 2.75) is 123 Å². The molecule has 0 spiro atoms. The van der Waals surface area contributed by atoms with Gasteiger partial charge in [0.15, 0.2) is 0 Å². The summed E-state index contributed by atoms with van der Waals surface area (Å²) in [5, 5.41) is 8.29. The van der Waals surface area contributed by atoms with E-state index >= 15 is 0 Å². The van der Waals surface area contributed by atoms with Crippen molar-refractivity contribution in [3.63, 3.8) is 0 Å². The number of carbonyl (C=O) groups is 3. The molecule has 2 aromatic rings.